The summed E-state index contributed by atoms with van der Waals surface area (Å²) in [5, 5.41) is 0. The van der Waals surface area contributed by atoms with E-state index in [0.29, 0.717) is 6.54 Å². The van der Waals surface area contributed by atoms with E-state index < -0.39 is 0 Å². The van der Waals surface area contributed by atoms with Crippen LogP contribution in [0.15, 0.2) is 0 Å². The smallest absolute Gasteiger partial charge is 0.242 e. The molecule has 1 fully saturated rings. The van der Waals surface area contributed by atoms with Crippen molar-refractivity contribution in [2.24, 2.45) is 0 Å². The Bertz CT molecular complexity index is 297. The molecule has 1 rings (SSSR count). The van der Waals surface area contributed by atoms with Gasteiger partial charge in [-0.3, -0.25) is 9.59 Å². The van der Waals surface area contributed by atoms with E-state index in [4.69, 9.17) is 0 Å². The molecule has 0 aromatic heterocycles. The summed E-state index contributed by atoms with van der Waals surface area (Å²) in [4.78, 5) is 29.4. The maximum atomic E-state index is 12.2. The molecule has 2 amide bonds. The van der Waals surface area contributed by atoms with Crippen molar-refractivity contribution >= 4 is 11.8 Å². The first-order valence-electron chi connectivity index (χ1n) is 7.18. The number of hydrogen-bond donors (Lipinski definition) is 0. The van der Waals surface area contributed by atoms with Crippen LogP contribution in [0.1, 0.15) is 32.6 Å². The van der Waals surface area contributed by atoms with Gasteiger partial charge in [-0.05, 0) is 26.9 Å². The number of likely N-dealkylation sites (tertiary alicyclic amines) is 1. The SMILES string of the molecule is CC(=O)N(CCN(C)C)CC(=O)N1CCCCCC1. The Morgan fingerprint density at radius 1 is 1.00 bits per heavy atom. The lowest BCUT2D eigenvalue weighted by Gasteiger charge is -2.26. The van der Waals surface area contributed by atoms with Crippen molar-refractivity contribution in [3.63, 3.8) is 0 Å². The number of likely N-dealkylation sites (N-methyl/N-ethyl adjacent to an activating group) is 1. The van der Waals surface area contributed by atoms with E-state index in [1.807, 2.05) is 23.9 Å². The summed E-state index contributed by atoms with van der Waals surface area (Å²) >= 11 is 0. The van der Waals surface area contributed by atoms with Crippen LogP contribution in [-0.2, 0) is 9.59 Å². The van der Waals surface area contributed by atoms with Crippen molar-refractivity contribution in [1.82, 2.24) is 14.7 Å². The highest BCUT2D eigenvalue weighted by Crippen LogP contribution is 2.10. The third kappa shape index (κ3) is 6.05. The van der Waals surface area contributed by atoms with E-state index in [9.17, 15) is 9.59 Å². The van der Waals surface area contributed by atoms with Crippen LogP contribution in [0.4, 0.5) is 0 Å². The highest BCUT2D eigenvalue weighted by Gasteiger charge is 2.19. The number of nitrogens with zero attached hydrogens (tertiary/aromatic N) is 3. The van der Waals surface area contributed by atoms with Crippen LogP contribution >= 0.6 is 0 Å². The minimum Gasteiger partial charge on any atom is -0.341 e. The van der Waals surface area contributed by atoms with Crippen LogP contribution in [0.25, 0.3) is 0 Å². The Labute approximate surface area is 116 Å². The van der Waals surface area contributed by atoms with Crippen molar-refractivity contribution in [1.29, 1.82) is 0 Å². The quantitative estimate of drug-likeness (QED) is 0.741. The lowest BCUT2D eigenvalue weighted by molar-refractivity contribution is -0.139. The number of carbonyl (C=O) groups excluding carboxylic acids is 2. The van der Waals surface area contributed by atoms with Gasteiger partial charge in [0, 0.05) is 33.1 Å². The van der Waals surface area contributed by atoms with Crippen LogP contribution in [-0.4, -0.2) is 73.3 Å². The Morgan fingerprint density at radius 2 is 1.58 bits per heavy atom. The fourth-order valence-corrected chi connectivity index (χ4v) is 2.25. The summed E-state index contributed by atoms with van der Waals surface area (Å²) in [6.45, 7) is 4.85. The molecule has 0 N–H and O–H groups in total. The Hall–Kier alpha value is -1.10. The molecule has 0 saturated carbocycles. The van der Waals surface area contributed by atoms with Gasteiger partial charge in [0.15, 0.2) is 0 Å². The molecular weight excluding hydrogens is 242 g/mol. The topological polar surface area (TPSA) is 43.9 Å². The summed E-state index contributed by atoms with van der Waals surface area (Å²) in [6.07, 6.45) is 4.59. The minimum atomic E-state index is -0.0231. The van der Waals surface area contributed by atoms with Gasteiger partial charge in [-0.2, -0.15) is 0 Å². The summed E-state index contributed by atoms with van der Waals surface area (Å²) in [5.74, 6) is 0.0703. The molecule has 0 bridgehead atoms. The summed E-state index contributed by atoms with van der Waals surface area (Å²) in [7, 11) is 3.93. The largest absolute Gasteiger partial charge is 0.341 e. The van der Waals surface area contributed by atoms with Gasteiger partial charge in [0.25, 0.3) is 0 Å². The second-order valence-electron chi connectivity index (χ2n) is 5.54. The monoisotopic (exact) mass is 269 g/mol. The van der Waals surface area contributed by atoms with Gasteiger partial charge in [-0.1, -0.05) is 12.8 Å². The van der Waals surface area contributed by atoms with Gasteiger partial charge in [0.2, 0.25) is 11.8 Å². The van der Waals surface area contributed by atoms with E-state index >= 15 is 0 Å². The van der Waals surface area contributed by atoms with Crippen LogP contribution in [0.2, 0.25) is 0 Å². The van der Waals surface area contributed by atoms with E-state index in [1.54, 1.807) is 4.90 Å². The van der Waals surface area contributed by atoms with Crippen LogP contribution in [0.5, 0.6) is 0 Å². The Balaban J connectivity index is 2.47. The zero-order chi connectivity index (χ0) is 14.3. The summed E-state index contributed by atoms with van der Waals surface area (Å²) in [5.41, 5.74) is 0. The summed E-state index contributed by atoms with van der Waals surface area (Å²) in [6, 6.07) is 0. The summed E-state index contributed by atoms with van der Waals surface area (Å²) < 4.78 is 0. The minimum absolute atomic E-state index is 0.0231. The van der Waals surface area contributed by atoms with Gasteiger partial charge < -0.3 is 14.7 Å². The van der Waals surface area contributed by atoms with E-state index in [2.05, 4.69) is 0 Å². The number of hydrogen-bond acceptors (Lipinski definition) is 3. The van der Waals surface area contributed by atoms with Crippen LogP contribution in [0.3, 0.4) is 0 Å². The first-order valence-corrected chi connectivity index (χ1v) is 7.18. The zero-order valence-corrected chi connectivity index (χ0v) is 12.5. The van der Waals surface area contributed by atoms with Crippen molar-refractivity contribution in [3.8, 4) is 0 Å². The van der Waals surface area contributed by atoms with Crippen LogP contribution in [0, 0.1) is 0 Å². The van der Waals surface area contributed by atoms with Crippen molar-refractivity contribution in [2.75, 3.05) is 46.8 Å². The van der Waals surface area contributed by atoms with Gasteiger partial charge >= 0.3 is 0 Å². The van der Waals surface area contributed by atoms with Gasteiger partial charge in [-0.15, -0.1) is 0 Å². The van der Waals surface area contributed by atoms with E-state index in [-0.39, 0.29) is 18.4 Å². The molecule has 5 heteroatoms. The van der Waals surface area contributed by atoms with Crippen molar-refractivity contribution < 1.29 is 9.59 Å². The molecule has 1 aliphatic heterocycles. The molecule has 110 valence electrons. The maximum Gasteiger partial charge on any atom is 0.242 e. The normalized spacial score (nSPS) is 16.3. The molecule has 0 atom stereocenters. The molecule has 0 aromatic rings. The first-order chi connectivity index (χ1) is 9.00. The Morgan fingerprint density at radius 3 is 2.05 bits per heavy atom. The molecule has 1 saturated heterocycles. The van der Waals surface area contributed by atoms with E-state index in [1.165, 1.54) is 19.8 Å². The highest BCUT2D eigenvalue weighted by molar-refractivity contribution is 5.83. The Kier molecular flexibility index (Phi) is 6.84. The lowest BCUT2D eigenvalue weighted by Crippen LogP contribution is -2.44. The molecule has 19 heavy (non-hydrogen) atoms. The molecular formula is C14H27N3O2. The number of rotatable bonds is 5. The zero-order valence-electron chi connectivity index (χ0n) is 12.5. The fraction of sp³-hybridized carbons (Fsp3) is 0.857. The lowest BCUT2D eigenvalue weighted by atomic mass is 10.2. The predicted octanol–water partition coefficient (Wildman–Crippen LogP) is 0.799. The molecule has 1 heterocycles. The highest BCUT2D eigenvalue weighted by atomic mass is 16.2. The number of carbonyl (C=O) groups is 2. The average Bonchev–Trinajstić information content (AvgIpc) is 2.62. The third-order valence-corrected chi connectivity index (χ3v) is 3.55. The molecule has 5 nitrogen and oxygen atoms in total. The predicted molar refractivity (Wildman–Crippen MR) is 75.9 cm³/mol. The molecule has 0 unspecified atom stereocenters. The maximum absolute atomic E-state index is 12.2. The second kappa shape index (κ2) is 8.15. The van der Waals surface area contributed by atoms with Crippen LogP contribution < -0.4 is 0 Å². The fourth-order valence-electron chi connectivity index (χ4n) is 2.25. The number of amides is 2. The molecule has 0 radical (unpaired) electrons. The van der Waals surface area contributed by atoms with E-state index in [0.717, 1.165) is 32.5 Å². The molecule has 0 aromatic carbocycles. The molecule has 1 aliphatic rings. The first kappa shape index (κ1) is 16.0. The molecule has 0 spiro atoms. The van der Waals surface area contributed by atoms with Gasteiger partial charge in [0.1, 0.15) is 0 Å². The van der Waals surface area contributed by atoms with Crippen molar-refractivity contribution in [2.45, 2.75) is 32.6 Å². The third-order valence-electron chi connectivity index (χ3n) is 3.55. The standard InChI is InChI=1S/C14H27N3O2/c1-13(18)17(11-10-15(2)3)12-14(19)16-8-6-4-5-7-9-16/h4-12H2,1-3H3. The molecule has 0 aliphatic carbocycles. The van der Waals surface area contributed by atoms with Gasteiger partial charge in [-0.25, -0.2) is 0 Å². The van der Waals surface area contributed by atoms with Gasteiger partial charge in [0.05, 0.1) is 6.54 Å². The average molecular weight is 269 g/mol. The van der Waals surface area contributed by atoms with Crippen molar-refractivity contribution in [3.05, 3.63) is 0 Å². The second-order valence-corrected chi connectivity index (χ2v) is 5.54.